The molecule has 1 aromatic carbocycles. The van der Waals surface area contributed by atoms with Crippen molar-refractivity contribution in [3.8, 4) is 0 Å². The molecule has 0 aliphatic heterocycles. The highest BCUT2D eigenvalue weighted by Crippen LogP contribution is 2.27. The number of ether oxygens (including phenoxy) is 1. The Morgan fingerprint density at radius 1 is 1.25 bits per heavy atom. The summed E-state index contributed by atoms with van der Waals surface area (Å²) in [5.74, 6) is 2.06. The number of anilines is 1. The number of nitrogens with zero attached hydrogens (tertiary/aromatic N) is 5. The van der Waals surface area contributed by atoms with Crippen LogP contribution in [-0.2, 0) is 4.74 Å². The van der Waals surface area contributed by atoms with Gasteiger partial charge in [-0.05, 0) is 25.5 Å². The minimum Gasteiger partial charge on any atom is -0.497 e. The van der Waals surface area contributed by atoms with Gasteiger partial charge in [-0.15, -0.1) is 15.3 Å². The summed E-state index contributed by atoms with van der Waals surface area (Å²) in [6.45, 7) is 7.97. The number of aromatic nitrogens is 4. The lowest BCUT2D eigenvalue weighted by molar-refractivity contribution is 0.371. The van der Waals surface area contributed by atoms with Crippen LogP contribution in [0.3, 0.4) is 0 Å². The summed E-state index contributed by atoms with van der Waals surface area (Å²) in [5.41, 5.74) is 2.65. The van der Waals surface area contributed by atoms with E-state index in [0.29, 0.717) is 11.4 Å². The van der Waals surface area contributed by atoms with Crippen LogP contribution in [0.15, 0.2) is 43.0 Å². The topological polar surface area (TPSA) is 55.5 Å². The highest BCUT2D eigenvalue weighted by Gasteiger charge is 2.19. The molecule has 24 heavy (non-hydrogen) atoms. The molecule has 0 amide bonds. The van der Waals surface area contributed by atoms with Crippen molar-refractivity contribution in [3.05, 3.63) is 59.9 Å². The molecule has 0 fully saturated rings. The number of rotatable bonds is 5. The summed E-state index contributed by atoms with van der Waals surface area (Å²) in [5, 5.41) is 13.0. The smallest absolute Gasteiger partial charge is 0.188 e. The molecule has 1 unspecified atom stereocenters. The van der Waals surface area contributed by atoms with E-state index in [2.05, 4.69) is 45.8 Å². The minimum absolute atomic E-state index is 0.164. The lowest BCUT2D eigenvalue weighted by Crippen LogP contribution is -2.23. The van der Waals surface area contributed by atoms with E-state index in [4.69, 9.17) is 4.74 Å². The van der Waals surface area contributed by atoms with Gasteiger partial charge in [0, 0.05) is 7.05 Å². The van der Waals surface area contributed by atoms with Crippen molar-refractivity contribution in [2.24, 2.45) is 0 Å². The van der Waals surface area contributed by atoms with Crippen LogP contribution < -0.4 is 4.90 Å². The Bertz CT molecular complexity index is 872. The summed E-state index contributed by atoms with van der Waals surface area (Å²) < 4.78 is 7.04. The molecular weight excluding hydrogens is 302 g/mol. The van der Waals surface area contributed by atoms with Gasteiger partial charge in [-0.2, -0.15) is 4.52 Å². The second-order valence-electron chi connectivity index (χ2n) is 5.72. The fourth-order valence-electron chi connectivity index (χ4n) is 2.61. The van der Waals surface area contributed by atoms with Crippen molar-refractivity contribution in [2.75, 3.05) is 19.1 Å². The summed E-state index contributed by atoms with van der Waals surface area (Å²) in [6, 6.07) is 12.4. The zero-order valence-electron chi connectivity index (χ0n) is 14.4. The summed E-state index contributed by atoms with van der Waals surface area (Å²) in [6.07, 6.45) is 0. The van der Waals surface area contributed by atoms with Gasteiger partial charge >= 0.3 is 0 Å². The van der Waals surface area contributed by atoms with E-state index in [1.165, 1.54) is 5.56 Å². The fourth-order valence-corrected chi connectivity index (χ4v) is 2.61. The van der Waals surface area contributed by atoms with E-state index < -0.39 is 0 Å². The minimum atomic E-state index is 0.164. The predicted molar refractivity (Wildman–Crippen MR) is 94.8 cm³/mol. The monoisotopic (exact) mass is 323 g/mol. The first-order chi connectivity index (χ1) is 11.5. The summed E-state index contributed by atoms with van der Waals surface area (Å²) >= 11 is 0. The van der Waals surface area contributed by atoms with Gasteiger partial charge in [0.1, 0.15) is 5.76 Å². The van der Waals surface area contributed by atoms with Gasteiger partial charge < -0.3 is 9.64 Å². The highest BCUT2D eigenvalue weighted by molar-refractivity contribution is 5.72. The van der Waals surface area contributed by atoms with Crippen LogP contribution in [0.4, 0.5) is 5.82 Å². The zero-order valence-corrected chi connectivity index (χ0v) is 14.4. The Labute approximate surface area is 141 Å². The largest absolute Gasteiger partial charge is 0.497 e. The van der Waals surface area contributed by atoms with Gasteiger partial charge in [0.25, 0.3) is 0 Å². The molecule has 0 bridgehead atoms. The van der Waals surface area contributed by atoms with E-state index in [1.54, 1.807) is 11.6 Å². The molecule has 0 spiro atoms. The van der Waals surface area contributed by atoms with Crippen LogP contribution in [0.1, 0.15) is 29.9 Å². The number of methoxy groups -OCH3 is 1. The van der Waals surface area contributed by atoms with Gasteiger partial charge in [-0.1, -0.05) is 36.9 Å². The van der Waals surface area contributed by atoms with Crippen molar-refractivity contribution in [2.45, 2.75) is 19.9 Å². The maximum Gasteiger partial charge on any atom is 0.188 e. The third kappa shape index (κ3) is 2.71. The maximum absolute atomic E-state index is 5.31. The number of hydrogen-bond donors (Lipinski definition) is 0. The molecule has 3 rings (SSSR count). The molecule has 6 nitrogen and oxygen atoms in total. The molecule has 1 atom stereocenters. The molecule has 6 heteroatoms. The standard InChI is InChI=1S/C18H21N5O/c1-12(15-9-7-6-8-10-15)22(4)17-11-16(13(2)24-5)18-20-19-14(3)23(18)21-17/h6-12H,2H2,1,3-5H3. The zero-order chi connectivity index (χ0) is 17.3. The van der Waals surface area contributed by atoms with Gasteiger partial charge in [-0.3, -0.25) is 0 Å². The van der Waals surface area contributed by atoms with Gasteiger partial charge in [0.15, 0.2) is 17.3 Å². The van der Waals surface area contributed by atoms with Crippen molar-refractivity contribution < 1.29 is 4.74 Å². The van der Waals surface area contributed by atoms with Crippen molar-refractivity contribution in [3.63, 3.8) is 0 Å². The quantitative estimate of drug-likeness (QED) is 0.675. The van der Waals surface area contributed by atoms with E-state index in [0.717, 1.165) is 17.2 Å². The van der Waals surface area contributed by atoms with E-state index in [1.807, 2.05) is 38.2 Å². The first-order valence-corrected chi connectivity index (χ1v) is 7.77. The number of hydrogen-bond acceptors (Lipinski definition) is 5. The number of fused-ring (bicyclic) bond motifs is 1. The average Bonchev–Trinajstić information content (AvgIpc) is 3.01. The first-order valence-electron chi connectivity index (χ1n) is 7.77. The second kappa shape index (κ2) is 6.31. The van der Waals surface area contributed by atoms with Crippen LogP contribution in [0.25, 0.3) is 11.4 Å². The average molecular weight is 323 g/mol. The van der Waals surface area contributed by atoms with Crippen LogP contribution in [-0.4, -0.2) is 34.0 Å². The Morgan fingerprint density at radius 2 is 1.96 bits per heavy atom. The molecule has 0 aliphatic carbocycles. The Kier molecular flexibility index (Phi) is 4.20. The van der Waals surface area contributed by atoms with Crippen molar-refractivity contribution >= 4 is 17.2 Å². The summed E-state index contributed by atoms with van der Waals surface area (Å²) in [7, 11) is 3.61. The molecule has 0 saturated carbocycles. The Morgan fingerprint density at radius 3 is 2.62 bits per heavy atom. The number of aryl methyl sites for hydroxylation is 1. The van der Waals surface area contributed by atoms with Gasteiger partial charge in [0.05, 0.1) is 18.7 Å². The predicted octanol–water partition coefficient (Wildman–Crippen LogP) is 3.25. The first kappa shape index (κ1) is 16.0. The van der Waals surface area contributed by atoms with Crippen LogP contribution in [0, 0.1) is 6.92 Å². The lowest BCUT2D eigenvalue weighted by Gasteiger charge is -2.26. The van der Waals surface area contributed by atoms with E-state index >= 15 is 0 Å². The molecule has 0 aliphatic rings. The van der Waals surface area contributed by atoms with Crippen molar-refractivity contribution in [1.29, 1.82) is 0 Å². The van der Waals surface area contributed by atoms with Gasteiger partial charge in [-0.25, -0.2) is 0 Å². The molecule has 0 saturated heterocycles. The third-order valence-corrected chi connectivity index (χ3v) is 4.28. The summed E-state index contributed by atoms with van der Waals surface area (Å²) in [4.78, 5) is 2.11. The SMILES string of the molecule is C=C(OC)c1cc(N(C)C(C)c2ccccc2)nn2c(C)nnc12. The van der Waals surface area contributed by atoms with Crippen LogP contribution in [0.2, 0.25) is 0 Å². The maximum atomic E-state index is 5.31. The van der Waals surface area contributed by atoms with Crippen LogP contribution in [0.5, 0.6) is 0 Å². The Hall–Kier alpha value is -2.89. The van der Waals surface area contributed by atoms with E-state index in [-0.39, 0.29) is 6.04 Å². The molecule has 124 valence electrons. The second-order valence-corrected chi connectivity index (χ2v) is 5.72. The fraction of sp³-hybridized carbons (Fsp3) is 0.278. The lowest BCUT2D eigenvalue weighted by atomic mass is 10.1. The molecular formula is C18H21N5O. The van der Waals surface area contributed by atoms with E-state index in [9.17, 15) is 0 Å². The normalized spacial score (nSPS) is 12.2. The molecule has 3 aromatic rings. The van der Waals surface area contributed by atoms with Gasteiger partial charge in [0.2, 0.25) is 0 Å². The van der Waals surface area contributed by atoms with Crippen molar-refractivity contribution in [1.82, 2.24) is 19.8 Å². The molecule has 0 N–H and O–H groups in total. The number of benzene rings is 1. The molecule has 2 heterocycles. The van der Waals surface area contributed by atoms with Crippen LogP contribution >= 0.6 is 0 Å². The highest BCUT2D eigenvalue weighted by atomic mass is 16.5. The third-order valence-electron chi connectivity index (χ3n) is 4.28. The Balaban J connectivity index is 2.08. The molecule has 0 radical (unpaired) electrons. The molecule has 2 aromatic heterocycles.